The third-order valence-electron chi connectivity index (χ3n) is 3.42. The lowest BCUT2D eigenvalue weighted by molar-refractivity contribution is -0.139. The topological polar surface area (TPSA) is 101 Å². The molecule has 0 fully saturated rings. The van der Waals surface area contributed by atoms with E-state index in [0.29, 0.717) is 6.61 Å². The van der Waals surface area contributed by atoms with Gasteiger partial charge < -0.3 is 14.9 Å². The van der Waals surface area contributed by atoms with Gasteiger partial charge in [0.2, 0.25) is 0 Å². The number of hydrogen-bond acceptors (Lipinski definition) is 4. The van der Waals surface area contributed by atoms with E-state index >= 15 is 0 Å². The van der Waals surface area contributed by atoms with Gasteiger partial charge in [-0.2, -0.15) is 0 Å². The zero-order valence-corrected chi connectivity index (χ0v) is 16.0. The molecular formula is C20H34O6. The van der Waals surface area contributed by atoms with E-state index in [2.05, 4.69) is 13.5 Å². The maximum atomic E-state index is 11.0. The molecule has 150 valence electrons. The predicted octanol–water partition coefficient (Wildman–Crippen LogP) is 4.74. The van der Waals surface area contributed by atoms with Crippen molar-refractivity contribution >= 4 is 17.9 Å². The van der Waals surface area contributed by atoms with Crippen LogP contribution in [0.25, 0.3) is 0 Å². The van der Waals surface area contributed by atoms with E-state index in [9.17, 15) is 14.4 Å². The number of aliphatic carboxylic acids is 2. The molecule has 6 heteroatoms. The average Bonchev–Trinajstić information content (AvgIpc) is 2.58. The Morgan fingerprint density at radius 1 is 0.846 bits per heavy atom. The van der Waals surface area contributed by atoms with Crippen molar-refractivity contribution in [1.82, 2.24) is 0 Å². The molecule has 0 unspecified atom stereocenters. The Balaban J connectivity index is 0. The highest BCUT2D eigenvalue weighted by Crippen LogP contribution is 2.10. The fourth-order valence-corrected chi connectivity index (χ4v) is 2.07. The van der Waals surface area contributed by atoms with Crippen LogP contribution in [0.15, 0.2) is 24.8 Å². The molecular weight excluding hydrogens is 336 g/mol. The lowest BCUT2D eigenvalue weighted by atomic mass is 10.1. The molecule has 0 atom stereocenters. The second-order valence-corrected chi connectivity index (χ2v) is 5.91. The molecule has 0 bridgehead atoms. The van der Waals surface area contributed by atoms with Crippen molar-refractivity contribution in [3.05, 3.63) is 24.8 Å². The third-order valence-corrected chi connectivity index (χ3v) is 3.42. The highest BCUT2D eigenvalue weighted by Gasteiger charge is 1.98. The first-order chi connectivity index (χ1) is 12.4. The Labute approximate surface area is 156 Å². The number of rotatable bonds is 15. The van der Waals surface area contributed by atoms with Crippen molar-refractivity contribution in [2.75, 3.05) is 6.61 Å². The van der Waals surface area contributed by atoms with Gasteiger partial charge in [-0.1, -0.05) is 70.8 Å². The number of carboxylic acids is 2. The van der Waals surface area contributed by atoms with Crippen molar-refractivity contribution in [3.8, 4) is 0 Å². The summed E-state index contributed by atoms with van der Waals surface area (Å²) >= 11 is 0. The second kappa shape index (κ2) is 20.9. The van der Waals surface area contributed by atoms with Gasteiger partial charge in [0, 0.05) is 12.2 Å². The largest absolute Gasteiger partial charge is 0.481 e. The smallest absolute Gasteiger partial charge is 0.331 e. The summed E-state index contributed by atoms with van der Waals surface area (Å²) in [6.07, 6.45) is 15.4. The first-order valence-electron chi connectivity index (χ1n) is 9.34. The molecule has 0 saturated heterocycles. The normalized spacial score (nSPS) is 10.0. The summed E-state index contributed by atoms with van der Waals surface area (Å²) in [4.78, 5) is 30.7. The standard InChI is InChI=1S/C16H28O4.C4H6O2/c1-2-3-4-5-6-7-8-9-10-11-14-20-16(19)13-12-15(17)18;1-2-3-4(5)6/h12-13H,2-11,14H2,1H3,(H,17,18);2H,1,3H2,(H,5,6)/b13-12+;. The van der Waals surface area contributed by atoms with Crippen LogP contribution in [0.5, 0.6) is 0 Å². The number of hydrogen-bond donors (Lipinski definition) is 2. The van der Waals surface area contributed by atoms with Gasteiger partial charge in [-0.05, 0) is 6.42 Å². The van der Waals surface area contributed by atoms with E-state index in [4.69, 9.17) is 14.9 Å². The third kappa shape index (κ3) is 26.8. The number of carboxylic acid groups (broad SMARTS) is 2. The van der Waals surface area contributed by atoms with Crippen LogP contribution < -0.4 is 0 Å². The highest BCUT2D eigenvalue weighted by molar-refractivity contribution is 5.90. The van der Waals surface area contributed by atoms with Gasteiger partial charge in [-0.25, -0.2) is 9.59 Å². The molecule has 2 N–H and O–H groups in total. The Kier molecular flexibility index (Phi) is 21.0. The van der Waals surface area contributed by atoms with Crippen molar-refractivity contribution in [1.29, 1.82) is 0 Å². The van der Waals surface area contributed by atoms with Crippen LogP contribution in [-0.4, -0.2) is 34.7 Å². The van der Waals surface area contributed by atoms with Crippen molar-refractivity contribution in [3.63, 3.8) is 0 Å². The van der Waals surface area contributed by atoms with Gasteiger partial charge in [0.05, 0.1) is 13.0 Å². The van der Waals surface area contributed by atoms with E-state index in [1.54, 1.807) is 0 Å². The Hall–Kier alpha value is -2.11. The molecule has 0 rings (SSSR count). The molecule has 0 spiro atoms. The first kappa shape index (κ1) is 26.1. The van der Waals surface area contributed by atoms with E-state index in [0.717, 1.165) is 25.0 Å². The van der Waals surface area contributed by atoms with E-state index < -0.39 is 17.9 Å². The van der Waals surface area contributed by atoms with Gasteiger partial charge in [0.15, 0.2) is 0 Å². The monoisotopic (exact) mass is 370 g/mol. The number of carbonyl (C=O) groups is 3. The maximum absolute atomic E-state index is 11.0. The van der Waals surface area contributed by atoms with Gasteiger partial charge in [0.25, 0.3) is 0 Å². The number of unbranched alkanes of at least 4 members (excludes halogenated alkanes) is 9. The van der Waals surface area contributed by atoms with E-state index in [-0.39, 0.29) is 6.42 Å². The average molecular weight is 370 g/mol. The minimum absolute atomic E-state index is 0.0556. The maximum Gasteiger partial charge on any atom is 0.331 e. The van der Waals surface area contributed by atoms with Crippen LogP contribution in [0.4, 0.5) is 0 Å². The molecule has 0 aromatic rings. The predicted molar refractivity (Wildman–Crippen MR) is 102 cm³/mol. The molecule has 0 aliphatic heterocycles. The second-order valence-electron chi connectivity index (χ2n) is 5.91. The lowest BCUT2D eigenvalue weighted by Gasteiger charge is -2.03. The van der Waals surface area contributed by atoms with Gasteiger partial charge in [-0.3, -0.25) is 4.79 Å². The van der Waals surface area contributed by atoms with Crippen molar-refractivity contribution in [2.24, 2.45) is 0 Å². The van der Waals surface area contributed by atoms with E-state index in [1.165, 1.54) is 57.4 Å². The van der Waals surface area contributed by atoms with Crippen LogP contribution in [0, 0.1) is 0 Å². The fraction of sp³-hybridized carbons (Fsp3) is 0.650. The molecule has 0 amide bonds. The van der Waals surface area contributed by atoms with Gasteiger partial charge in [-0.15, -0.1) is 6.58 Å². The molecule has 0 aromatic heterocycles. The molecule has 26 heavy (non-hydrogen) atoms. The summed E-state index contributed by atoms with van der Waals surface area (Å²) in [5.74, 6) is -2.55. The SMILES string of the molecule is C=CCC(=O)O.CCCCCCCCCCCCOC(=O)/C=C/C(=O)O. The quantitative estimate of drug-likeness (QED) is 0.187. The van der Waals surface area contributed by atoms with Gasteiger partial charge in [0.1, 0.15) is 0 Å². The summed E-state index contributed by atoms with van der Waals surface area (Å²) in [6, 6.07) is 0. The fourth-order valence-electron chi connectivity index (χ4n) is 2.07. The molecule has 0 saturated carbocycles. The highest BCUT2D eigenvalue weighted by atomic mass is 16.5. The Morgan fingerprint density at radius 3 is 1.73 bits per heavy atom. The molecule has 6 nitrogen and oxygen atoms in total. The zero-order chi connectivity index (χ0) is 20.0. The van der Waals surface area contributed by atoms with Crippen LogP contribution in [0.2, 0.25) is 0 Å². The van der Waals surface area contributed by atoms with Crippen molar-refractivity contribution < 1.29 is 29.3 Å². The number of esters is 1. The minimum atomic E-state index is -1.14. The van der Waals surface area contributed by atoms with Gasteiger partial charge >= 0.3 is 17.9 Å². The Bertz CT molecular complexity index is 415. The van der Waals surface area contributed by atoms with Crippen LogP contribution in [0.1, 0.15) is 77.6 Å². The summed E-state index contributed by atoms with van der Waals surface area (Å²) in [6.45, 7) is 5.82. The van der Waals surface area contributed by atoms with Crippen LogP contribution in [-0.2, 0) is 19.1 Å². The lowest BCUT2D eigenvalue weighted by Crippen LogP contribution is -2.03. The summed E-state index contributed by atoms with van der Waals surface area (Å²) in [7, 11) is 0. The van der Waals surface area contributed by atoms with Crippen LogP contribution in [0.3, 0.4) is 0 Å². The first-order valence-corrected chi connectivity index (χ1v) is 9.34. The zero-order valence-electron chi connectivity index (χ0n) is 16.0. The Morgan fingerprint density at radius 2 is 1.35 bits per heavy atom. The molecule has 0 aliphatic rings. The van der Waals surface area contributed by atoms with Crippen LogP contribution >= 0.6 is 0 Å². The molecule has 0 aromatic carbocycles. The molecule has 0 radical (unpaired) electrons. The van der Waals surface area contributed by atoms with Crippen molar-refractivity contribution in [2.45, 2.75) is 77.6 Å². The number of ether oxygens (including phenoxy) is 1. The summed E-state index contributed by atoms with van der Waals surface area (Å²) in [5.41, 5.74) is 0. The minimum Gasteiger partial charge on any atom is -0.481 e. The van der Waals surface area contributed by atoms with E-state index in [1.807, 2.05) is 0 Å². The molecule has 0 heterocycles. The summed E-state index contributed by atoms with van der Waals surface area (Å²) in [5, 5.41) is 16.2. The summed E-state index contributed by atoms with van der Waals surface area (Å²) < 4.78 is 4.88. The molecule has 0 aliphatic carbocycles. The number of carbonyl (C=O) groups excluding carboxylic acids is 1.